The Hall–Kier alpha value is -3.98. The molecule has 0 radical (unpaired) electrons. The van der Waals surface area contributed by atoms with Crippen LogP contribution in [0.15, 0.2) is 84.0 Å². The summed E-state index contributed by atoms with van der Waals surface area (Å²) in [5.41, 5.74) is 7.56. The summed E-state index contributed by atoms with van der Waals surface area (Å²) in [6, 6.07) is 21.4. The monoisotopic (exact) mass is 528 g/mol. The summed E-state index contributed by atoms with van der Waals surface area (Å²) in [4.78, 5) is 2.50. The molecule has 0 heterocycles. The van der Waals surface area contributed by atoms with Crippen molar-refractivity contribution in [1.82, 2.24) is 10.2 Å². The Morgan fingerprint density at radius 2 is 1.49 bits per heavy atom. The van der Waals surface area contributed by atoms with Crippen LogP contribution in [0.25, 0.3) is 66.0 Å². The number of rotatable bonds is 7. The molecule has 0 saturated heterocycles. The van der Waals surface area contributed by atoms with E-state index in [0.29, 0.717) is 5.92 Å². The summed E-state index contributed by atoms with van der Waals surface area (Å²) in [6.07, 6.45) is 14.6. The van der Waals surface area contributed by atoms with Gasteiger partial charge in [0.2, 0.25) is 0 Å². The minimum Gasteiger partial charge on any atom is -0.318 e. The van der Waals surface area contributed by atoms with E-state index >= 15 is 0 Å². The average molecular weight is 529 g/mol. The van der Waals surface area contributed by atoms with Crippen molar-refractivity contribution >= 4 is 66.0 Å². The van der Waals surface area contributed by atoms with E-state index in [2.05, 4.69) is 102 Å². The van der Waals surface area contributed by atoms with Crippen LogP contribution in [0.2, 0.25) is 0 Å². The molecule has 2 heteroatoms. The zero-order valence-electron chi connectivity index (χ0n) is 23.6. The van der Waals surface area contributed by atoms with Gasteiger partial charge >= 0.3 is 0 Å². The zero-order chi connectivity index (χ0) is 27.0. The fourth-order valence-electron chi connectivity index (χ4n) is 9.39. The normalized spacial score (nSPS) is 21.5. The molecular weight excluding hydrogens is 496 g/mol. The van der Waals surface area contributed by atoms with Crippen LogP contribution in [0.3, 0.4) is 0 Å². The Labute approximate surface area is 239 Å². The maximum Gasteiger partial charge on any atom is 0.0325 e. The highest BCUT2D eigenvalue weighted by molar-refractivity contribution is 6.38. The standard InChI is InChI=1S/C39H32N2/c1-40-17-19-41(2)18-3-16-39-29-15-14-25-10-6-24-9-12-27-20-26-11-7-22-4-5-23-8-13-28(21-29)35-31(23)30(22)32(26)36(38(35)39)33(27)34(24)37(25)39/h4-15,20-21,37,40H,3,16-19H2,1-2H3. The van der Waals surface area contributed by atoms with Gasteiger partial charge in [-0.1, -0.05) is 78.9 Å². The Balaban J connectivity index is 1.41. The number of likely N-dealkylation sites (N-methyl/N-ethyl adjacent to an activating group) is 2. The lowest BCUT2D eigenvalue weighted by atomic mass is 9.50. The first-order valence-electron chi connectivity index (χ1n) is 15.3. The lowest BCUT2D eigenvalue weighted by Crippen LogP contribution is -2.44. The zero-order valence-corrected chi connectivity index (χ0v) is 23.6. The summed E-state index contributed by atoms with van der Waals surface area (Å²) < 4.78 is 0. The van der Waals surface area contributed by atoms with Crippen molar-refractivity contribution in [3.05, 3.63) is 106 Å². The molecule has 0 amide bonds. The van der Waals surface area contributed by atoms with Gasteiger partial charge in [0.05, 0.1) is 0 Å². The Kier molecular flexibility index (Phi) is 4.23. The highest BCUT2D eigenvalue weighted by Gasteiger charge is 2.53. The molecule has 198 valence electrons. The Morgan fingerprint density at radius 3 is 2.34 bits per heavy atom. The van der Waals surface area contributed by atoms with Gasteiger partial charge in [0.1, 0.15) is 0 Å². The molecule has 0 aromatic heterocycles. The molecule has 2 unspecified atom stereocenters. The largest absolute Gasteiger partial charge is 0.318 e. The molecule has 41 heavy (non-hydrogen) atoms. The highest BCUT2D eigenvalue weighted by atomic mass is 15.1. The summed E-state index contributed by atoms with van der Waals surface area (Å²) in [5.74, 6) is 0.359. The van der Waals surface area contributed by atoms with Crippen LogP contribution in [-0.4, -0.2) is 38.6 Å². The van der Waals surface area contributed by atoms with Crippen LogP contribution < -0.4 is 10.5 Å². The van der Waals surface area contributed by atoms with Crippen molar-refractivity contribution in [1.29, 1.82) is 0 Å². The fourth-order valence-corrected chi connectivity index (χ4v) is 9.39. The van der Waals surface area contributed by atoms with Gasteiger partial charge in [0.25, 0.3) is 0 Å². The highest BCUT2D eigenvalue weighted by Crippen LogP contribution is 2.65. The maximum absolute atomic E-state index is 3.32. The number of hydrogen-bond donors (Lipinski definition) is 1. The molecule has 6 aromatic carbocycles. The molecule has 4 aliphatic carbocycles. The summed E-state index contributed by atoms with van der Waals surface area (Å²) in [5, 5.41) is 19.3. The van der Waals surface area contributed by atoms with E-state index in [1.54, 1.807) is 16.5 Å². The first-order valence-corrected chi connectivity index (χ1v) is 15.3. The van der Waals surface area contributed by atoms with Crippen molar-refractivity contribution in [2.75, 3.05) is 33.7 Å². The van der Waals surface area contributed by atoms with Crippen LogP contribution in [0, 0.1) is 0 Å². The molecule has 0 aliphatic heterocycles. The van der Waals surface area contributed by atoms with E-state index in [4.69, 9.17) is 0 Å². The molecule has 0 bridgehead atoms. The van der Waals surface area contributed by atoms with Crippen LogP contribution >= 0.6 is 0 Å². The van der Waals surface area contributed by atoms with E-state index < -0.39 is 0 Å². The minimum atomic E-state index is -0.0556. The molecular formula is C39H32N2. The predicted molar refractivity (Wildman–Crippen MR) is 175 cm³/mol. The predicted octanol–water partition coefficient (Wildman–Crippen LogP) is 7.56. The Bertz CT molecular complexity index is 2300. The lowest BCUT2D eigenvalue weighted by molar-refractivity contribution is 0.303. The quantitative estimate of drug-likeness (QED) is 0.170. The second-order valence-electron chi connectivity index (χ2n) is 12.9. The summed E-state index contributed by atoms with van der Waals surface area (Å²) >= 11 is 0. The van der Waals surface area contributed by atoms with Gasteiger partial charge in [-0.2, -0.15) is 0 Å². The van der Waals surface area contributed by atoms with Crippen LogP contribution in [0.5, 0.6) is 0 Å². The first kappa shape index (κ1) is 22.7. The van der Waals surface area contributed by atoms with Gasteiger partial charge in [-0.15, -0.1) is 0 Å². The van der Waals surface area contributed by atoms with E-state index in [9.17, 15) is 0 Å². The molecule has 6 aromatic rings. The topological polar surface area (TPSA) is 15.3 Å². The molecule has 0 saturated carbocycles. The van der Waals surface area contributed by atoms with Crippen molar-refractivity contribution in [2.24, 2.45) is 0 Å². The third kappa shape index (κ3) is 2.58. The van der Waals surface area contributed by atoms with E-state index in [1.165, 1.54) is 76.8 Å². The van der Waals surface area contributed by atoms with Crippen molar-refractivity contribution in [3.8, 4) is 0 Å². The fraction of sp³-hybridized carbons (Fsp3) is 0.231. The lowest BCUT2D eigenvalue weighted by Gasteiger charge is -2.52. The molecule has 1 N–H and O–H groups in total. The van der Waals surface area contributed by atoms with Crippen LogP contribution in [-0.2, 0) is 5.41 Å². The third-order valence-electron chi connectivity index (χ3n) is 11.0. The van der Waals surface area contributed by atoms with Gasteiger partial charge in [-0.3, -0.25) is 0 Å². The van der Waals surface area contributed by atoms with E-state index in [1.807, 2.05) is 7.05 Å². The van der Waals surface area contributed by atoms with Gasteiger partial charge in [-0.05, 0) is 126 Å². The van der Waals surface area contributed by atoms with E-state index in [0.717, 1.165) is 26.1 Å². The molecule has 4 aliphatic rings. The summed E-state index contributed by atoms with van der Waals surface area (Å²) in [7, 11) is 4.33. The molecule has 0 spiro atoms. The number of allylic oxidation sites excluding steroid dienone is 5. The molecule has 0 fully saturated rings. The smallest absolute Gasteiger partial charge is 0.0325 e. The Morgan fingerprint density at radius 1 is 0.756 bits per heavy atom. The average Bonchev–Trinajstić information content (AvgIpc) is 3.00. The maximum atomic E-state index is 3.32. The van der Waals surface area contributed by atoms with Gasteiger partial charge in [0, 0.05) is 24.4 Å². The van der Waals surface area contributed by atoms with Gasteiger partial charge in [-0.25, -0.2) is 0 Å². The second kappa shape index (κ2) is 7.64. The SMILES string of the molecule is CNCCN(C)CCCC12C3=CC=C4C=Cc5ccc6cc7ccc8ccc9ccc(c%10c1c(c6c5C42)c7c8c9%10)=C3. The van der Waals surface area contributed by atoms with Crippen molar-refractivity contribution in [2.45, 2.75) is 24.2 Å². The number of hydrogen-bond acceptors (Lipinski definition) is 2. The van der Waals surface area contributed by atoms with Crippen LogP contribution in [0.4, 0.5) is 0 Å². The molecule has 10 rings (SSSR count). The van der Waals surface area contributed by atoms with Crippen molar-refractivity contribution in [3.63, 3.8) is 0 Å². The minimum absolute atomic E-state index is 0.0556. The van der Waals surface area contributed by atoms with Crippen LogP contribution in [0.1, 0.15) is 35.4 Å². The summed E-state index contributed by atoms with van der Waals surface area (Å²) in [6.45, 7) is 3.22. The number of nitrogens with one attached hydrogen (secondary N) is 1. The number of benzene rings is 6. The third-order valence-corrected chi connectivity index (χ3v) is 11.0. The second-order valence-corrected chi connectivity index (χ2v) is 12.9. The molecule has 2 atom stereocenters. The first-order chi connectivity index (χ1) is 20.2. The van der Waals surface area contributed by atoms with E-state index in [-0.39, 0.29) is 5.41 Å². The molecule has 2 nitrogen and oxygen atoms in total. The van der Waals surface area contributed by atoms with Gasteiger partial charge < -0.3 is 10.2 Å². The van der Waals surface area contributed by atoms with Gasteiger partial charge in [0.15, 0.2) is 0 Å². The van der Waals surface area contributed by atoms with Crippen molar-refractivity contribution < 1.29 is 0 Å². The number of nitrogens with zero attached hydrogens (tertiary/aromatic N) is 1.